The molecule has 0 saturated heterocycles. The molecule has 0 amide bonds. The highest BCUT2D eigenvalue weighted by Gasteiger charge is 2.05. The van der Waals surface area contributed by atoms with Crippen LogP contribution < -0.4 is 4.90 Å². The maximum atomic E-state index is 8.77. The Bertz CT molecular complexity index is 228. The van der Waals surface area contributed by atoms with Gasteiger partial charge in [-0.15, -0.1) is 0 Å². The van der Waals surface area contributed by atoms with Crippen LogP contribution in [0.5, 0.6) is 0 Å². The summed E-state index contributed by atoms with van der Waals surface area (Å²) in [4.78, 5) is 2.10. The van der Waals surface area contributed by atoms with E-state index in [1.54, 1.807) is 6.07 Å². The van der Waals surface area contributed by atoms with Crippen molar-refractivity contribution in [3.8, 4) is 0 Å². The van der Waals surface area contributed by atoms with Crippen LogP contribution in [0.1, 0.15) is 19.6 Å². The average Bonchev–Trinajstić information content (AvgIpc) is 2.55. The molecule has 3 heteroatoms. The summed E-state index contributed by atoms with van der Waals surface area (Å²) in [6, 6.07) is 3.69. The molecule has 68 valence electrons. The normalized spacial score (nSPS) is 10.2. The van der Waals surface area contributed by atoms with Crippen molar-refractivity contribution in [1.29, 1.82) is 0 Å². The number of aliphatic hydroxyl groups is 1. The Hall–Kier alpha value is -0.960. The summed E-state index contributed by atoms with van der Waals surface area (Å²) in [6.07, 6.45) is 0. The average molecular weight is 169 g/mol. The van der Waals surface area contributed by atoms with Crippen LogP contribution in [0.25, 0.3) is 0 Å². The molecular formula is C9H15NO2. The predicted octanol–water partition coefficient (Wildman–Crippen LogP) is 1.62. The van der Waals surface area contributed by atoms with Gasteiger partial charge >= 0.3 is 0 Å². The van der Waals surface area contributed by atoms with Crippen LogP contribution in [0.4, 0.5) is 5.88 Å². The van der Waals surface area contributed by atoms with Crippen molar-refractivity contribution in [3.63, 3.8) is 0 Å². The second-order valence-electron chi connectivity index (χ2n) is 2.57. The molecule has 0 aliphatic heterocycles. The van der Waals surface area contributed by atoms with Crippen LogP contribution in [0.15, 0.2) is 16.5 Å². The Kier molecular flexibility index (Phi) is 3.17. The third-order valence-electron chi connectivity index (χ3n) is 1.88. The minimum atomic E-state index is -0.0265. The molecule has 0 atom stereocenters. The lowest BCUT2D eigenvalue weighted by molar-refractivity contribution is 0.248. The zero-order chi connectivity index (χ0) is 8.97. The summed E-state index contributed by atoms with van der Waals surface area (Å²) in [5.74, 6) is 1.46. The molecule has 0 aromatic carbocycles. The Morgan fingerprint density at radius 2 is 2.00 bits per heavy atom. The first-order valence-corrected chi connectivity index (χ1v) is 4.26. The Labute approximate surface area is 72.6 Å². The van der Waals surface area contributed by atoms with Gasteiger partial charge in [-0.3, -0.25) is 0 Å². The quantitative estimate of drug-likeness (QED) is 0.744. The van der Waals surface area contributed by atoms with Crippen LogP contribution in [0, 0.1) is 0 Å². The molecule has 1 heterocycles. The van der Waals surface area contributed by atoms with Gasteiger partial charge in [0.2, 0.25) is 0 Å². The van der Waals surface area contributed by atoms with Gasteiger partial charge in [0.25, 0.3) is 0 Å². The van der Waals surface area contributed by atoms with Crippen molar-refractivity contribution >= 4 is 5.88 Å². The summed E-state index contributed by atoms with van der Waals surface area (Å²) in [6.45, 7) is 5.97. The van der Waals surface area contributed by atoms with Gasteiger partial charge in [0, 0.05) is 19.2 Å². The van der Waals surface area contributed by atoms with Gasteiger partial charge in [0.15, 0.2) is 5.88 Å². The number of hydrogen-bond donors (Lipinski definition) is 1. The van der Waals surface area contributed by atoms with E-state index in [1.807, 2.05) is 6.07 Å². The van der Waals surface area contributed by atoms with Crippen LogP contribution >= 0.6 is 0 Å². The first-order valence-electron chi connectivity index (χ1n) is 4.26. The van der Waals surface area contributed by atoms with E-state index in [4.69, 9.17) is 9.52 Å². The van der Waals surface area contributed by atoms with Gasteiger partial charge in [-0.1, -0.05) is 0 Å². The third kappa shape index (κ3) is 1.80. The van der Waals surface area contributed by atoms with Gasteiger partial charge < -0.3 is 14.4 Å². The zero-order valence-corrected chi connectivity index (χ0v) is 7.58. The molecule has 0 fully saturated rings. The standard InChI is InChI=1S/C9H15NO2/c1-3-10(4-2)9-6-5-8(7-11)12-9/h5-6,11H,3-4,7H2,1-2H3. The summed E-state index contributed by atoms with van der Waals surface area (Å²) in [5.41, 5.74) is 0. The molecule has 0 radical (unpaired) electrons. The highest BCUT2D eigenvalue weighted by atomic mass is 16.4. The van der Waals surface area contributed by atoms with Crippen molar-refractivity contribution < 1.29 is 9.52 Å². The number of anilines is 1. The topological polar surface area (TPSA) is 36.6 Å². The fourth-order valence-corrected chi connectivity index (χ4v) is 1.16. The summed E-state index contributed by atoms with van der Waals surface area (Å²) in [5, 5.41) is 8.77. The highest BCUT2D eigenvalue weighted by Crippen LogP contribution is 2.17. The second-order valence-corrected chi connectivity index (χ2v) is 2.57. The monoisotopic (exact) mass is 169 g/mol. The molecule has 1 aromatic rings. The van der Waals surface area contributed by atoms with Crippen molar-refractivity contribution in [2.24, 2.45) is 0 Å². The second kappa shape index (κ2) is 4.16. The van der Waals surface area contributed by atoms with Crippen molar-refractivity contribution in [3.05, 3.63) is 17.9 Å². The molecular weight excluding hydrogens is 154 g/mol. The van der Waals surface area contributed by atoms with E-state index in [9.17, 15) is 0 Å². The minimum absolute atomic E-state index is 0.0265. The van der Waals surface area contributed by atoms with E-state index >= 15 is 0 Å². The molecule has 12 heavy (non-hydrogen) atoms. The van der Waals surface area contributed by atoms with E-state index in [1.165, 1.54) is 0 Å². The van der Waals surface area contributed by atoms with E-state index in [0.29, 0.717) is 5.76 Å². The van der Waals surface area contributed by atoms with Gasteiger partial charge in [-0.2, -0.15) is 0 Å². The number of furan rings is 1. The summed E-state index contributed by atoms with van der Waals surface area (Å²) < 4.78 is 5.35. The summed E-state index contributed by atoms with van der Waals surface area (Å²) in [7, 11) is 0. The smallest absolute Gasteiger partial charge is 0.195 e. The molecule has 3 nitrogen and oxygen atoms in total. The van der Waals surface area contributed by atoms with Gasteiger partial charge in [0.05, 0.1) is 0 Å². The molecule has 1 rings (SSSR count). The van der Waals surface area contributed by atoms with Crippen LogP contribution in [-0.4, -0.2) is 18.2 Å². The SMILES string of the molecule is CCN(CC)c1ccc(CO)o1. The molecule has 0 bridgehead atoms. The van der Waals surface area contributed by atoms with Gasteiger partial charge in [0.1, 0.15) is 12.4 Å². The predicted molar refractivity (Wildman–Crippen MR) is 48.2 cm³/mol. The Balaban J connectivity index is 2.72. The van der Waals surface area contributed by atoms with E-state index in [-0.39, 0.29) is 6.61 Å². The fraction of sp³-hybridized carbons (Fsp3) is 0.556. The van der Waals surface area contributed by atoms with Crippen molar-refractivity contribution in [2.45, 2.75) is 20.5 Å². The van der Waals surface area contributed by atoms with Crippen molar-refractivity contribution in [1.82, 2.24) is 0 Å². The maximum Gasteiger partial charge on any atom is 0.195 e. The zero-order valence-electron chi connectivity index (χ0n) is 7.58. The third-order valence-corrected chi connectivity index (χ3v) is 1.88. The van der Waals surface area contributed by atoms with Gasteiger partial charge in [-0.25, -0.2) is 0 Å². The molecule has 0 unspecified atom stereocenters. The number of nitrogens with zero attached hydrogens (tertiary/aromatic N) is 1. The lowest BCUT2D eigenvalue weighted by atomic mass is 10.4. The number of rotatable bonds is 4. The lowest BCUT2D eigenvalue weighted by Crippen LogP contribution is -2.20. The van der Waals surface area contributed by atoms with E-state index in [0.717, 1.165) is 19.0 Å². The van der Waals surface area contributed by atoms with Crippen molar-refractivity contribution in [2.75, 3.05) is 18.0 Å². The molecule has 1 N–H and O–H groups in total. The maximum absolute atomic E-state index is 8.77. The molecule has 0 aliphatic rings. The molecule has 0 aliphatic carbocycles. The van der Waals surface area contributed by atoms with Gasteiger partial charge in [-0.05, 0) is 19.9 Å². The van der Waals surface area contributed by atoms with E-state index in [2.05, 4.69) is 18.7 Å². The first kappa shape index (κ1) is 9.13. The van der Waals surface area contributed by atoms with Crippen LogP contribution in [-0.2, 0) is 6.61 Å². The Morgan fingerprint density at radius 3 is 2.42 bits per heavy atom. The number of aliphatic hydroxyl groups excluding tert-OH is 1. The largest absolute Gasteiger partial charge is 0.443 e. The lowest BCUT2D eigenvalue weighted by Gasteiger charge is -2.16. The van der Waals surface area contributed by atoms with E-state index < -0.39 is 0 Å². The number of hydrogen-bond acceptors (Lipinski definition) is 3. The fourth-order valence-electron chi connectivity index (χ4n) is 1.16. The minimum Gasteiger partial charge on any atom is -0.443 e. The molecule has 1 aromatic heterocycles. The van der Waals surface area contributed by atoms with Crippen LogP contribution in [0.2, 0.25) is 0 Å². The summed E-state index contributed by atoms with van der Waals surface area (Å²) >= 11 is 0. The Morgan fingerprint density at radius 1 is 1.33 bits per heavy atom. The molecule has 0 spiro atoms. The van der Waals surface area contributed by atoms with Crippen LogP contribution in [0.3, 0.4) is 0 Å². The first-order chi connectivity index (χ1) is 5.81. The molecule has 0 saturated carbocycles. The highest BCUT2D eigenvalue weighted by molar-refractivity contribution is 5.35.